The highest BCUT2D eigenvalue weighted by atomic mass is 32.2. The van der Waals surface area contributed by atoms with E-state index in [1.807, 2.05) is 0 Å². The first-order chi connectivity index (χ1) is 13.9. The number of para-hydroxylation sites is 1. The van der Waals surface area contributed by atoms with E-state index in [2.05, 4.69) is 10.6 Å². The summed E-state index contributed by atoms with van der Waals surface area (Å²) in [5, 5.41) is 5.56. The van der Waals surface area contributed by atoms with Crippen molar-refractivity contribution in [2.45, 2.75) is 26.3 Å². The molecule has 0 saturated carbocycles. The number of hydrogen-bond donors (Lipinski definition) is 2. The Balaban J connectivity index is 1.66. The average molecular weight is 420 g/mol. The van der Waals surface area contributed by atoms with Crippen molar-refractivity contribution in [2.24, 2.45) is 5.92 Å². The Kier molecular flexibility index (Phi) is 6.71. The molecule has 1 aliphatic heterocycles. The third-order valence-corrected chi connectivity index (χ3v) is 6.79. The van der Waals surface area contributed by atoms with Crippen molar-refractivity contribution in [3.8, 4) is 0 Å². The lowest BCUT2D eigenvalue weighted by molar-refractivity contribution is -0.120. The first kappa shape index (κ1) is 21.1. The van der Waals surface area contributed by atoms with Gasteiger partial charge in [0.05, 0.1) is 35.7 Å². The Morgan fingerprint density at radius 1 is 1.21 bits per heavy atom. The monoisotopic (exact) mass is 419 g/mol. The molecule has 2 N–H and O–H groups in total. The topological polar surface area (TPSA) is 109 Å². The minimum absolute atomic E-state index is 0.0139. The van der Waals surface area contributed by atoms with Gasteiger partial charge in [-0.25, -0.2) is 12.7 Å². The maximum atomic E-state index is 12.8. The molecule has 0 aliphatic carbocycles. The molecule has 1 unspecified atom stereocenters. The molecule has 0 spiro atoms. The van der Waals surface area contributed by atoms with E-state index >= 15 is 0 Å². The van der Waals surface area contributed by atoms with Gasteiger partial charge in [0.1, 0.15) is 5.76 Å². The summed E-state index contributed by atoms with van der Waals surface area (Å²) in [7, 11) is -3.33. The molecule has 1 aromatic carbocycles. The average Bonchev–Trinajstić information content (AvgIpc) is 3.26. The molecule has 2 heterocycles. The van der Waals surface area contributed by atoms with Crippen molar-refractivity contribution < 1.29 is 22.4 Å². The van der Waals surface area contributed by atoms with Crippen LogP contribution in [0.5, 0.6) is 0 Å². The van der Waals surface area contributed by atoms with Crippen LogP contribution in [0.15, 0.2) is 47.1 Å². The number of nitrogens with one attached hydrogen (secondary N) is 2. The zero-order valence-electron chi connectivity index (χ0n) is 16.3. The summed E-state index contributed by atoms with van der Waals surface area (Å²) in [6.07, 6.45) is 2.76. The number of furan rings is 1. The molecule has 3 rings (SSSR count). The predicted octanol–water partition coefficient (Wildman–Crippen LogP) is 2.21. The van der Waals surface area contributed by atoms with Crippen LogP contribution in [0.2, 0.25) is 0 Å². The van der Waals surface area contributed by atoms with E-state index in [-0.39, 0.29) is 30.7 Å². The first-order valence-electron chi connectivity index (χ1n) is 9.59. The molecule has 1 atom stereocenters. The van der Waals surface area contributed by atoms with Gasteiger partial charge in [-0.15, -0.1) is 0 Å². The summed E-state index contributed by atoms with van der Waals surface area (Å²) in [4.78, 5) is 25.3. The van der Waals surface area contributed by atoms with Gasteiger partial charge in [-0.2, -0.15) is 0 Å². The maximum absolute atomic E-state index is 12.8. The fraction of sp³-hybridized carbons (Fsp3) is 0.400. The second-order valence-electron chi connectivity index (χ2n) is 6.89. The molecule has 8 nitrogen and oxygen atoms in total. The summed E-state index contributed by atoms with van der Waals surface area (Å²) in [6, 6.07) is 10.2. The van der Waals surface area contributed by atoms with Gasteiger partial charge in [-0.3, -0.25) is 9.59 Å². The van der Waals surface area contributed by atoms with Gasteiger partial charge in [-0.1, -0.05) is 12.1 Å². The minimum Gasteiger partial charge on any atom is -0.467 e. The number of carbonyl (C=O) groups is 2. The van der Waals surface area contributed by atoms with Crippen molar-refractivity contribution in [1.29, 1.82) is 0 Å². The summed E-state index contributed by atoms with van der Waals surface area (Å²) in [6.45, 7) is 2.43. The van der Waals surface area contributed by atoms with Crippen molar-refractivity contribution in [1.82, 2.24) is 9.62 Å². The van der Waals surface area contributed by atoms with Crippen LogP contribution in [0.3, 0.4) is 0 Å². The number of amides is 2. The molecular formula is C20H25N3O5S. The molecule has 9 heteroatoms. The van der Waals surface area contributed by atoms with E-state index < -0.39 is 15.9 Å². The Bertz CT molecular complexity index is 956. The molecule has 2 aromatic rings. The van der Waals surface area contributed by atoms with Gasteiger partial charge in [0.15, 0.2) is 0 Å². The Hall–Kier alpha value is -2.65. The Morgan fingerprint density at radius 3 is 2.72 bits per heavy atom. The van der Waals surface area contributed by atoms with E-state index in [9.17, 15) is 18.0 Å². The molecule has 1 aromatic heterocycles. The second-order valence-corrected chi connectivity index (χ2v) is 9.15. The third kappa shape index (κ3) is 5.24. The van der Waals surface area contributed by atoms with E-state index in [1.165, 1.54) is 10.6 Å². The van der Waals surface area contributed by atoms with Crippen LogP contribution >= 0.6 is 0 Å². The molecule has 2 amide bonds. The fourth-order valence-electron chi connectivity index (χ4n) is 3.29. The SMILES string of the molecule is CCS(=O)(=O)N1CCCC(C(=O)Nc2ccccc2C(=O)NCc2ccco2)C1. The van der Waals surface area contributed by atoms with Crippen LogP contribution in [0.4, 0.5) is 5.69 Å². The molecule has 156 valence electrons. The molecule has 29 heavy (non-hydrogen) atoms. The summed E-state index contributed by atoms with van der Waals surface area (Å²) in [5.74, 6) is -0.438. The number of sulfonamides is 1. The van der Waals surface area contributed by atoms with Gasteiger partial charge in [0.25, 0.3) is 5.91 Å². The van der Waals surface area contributed by atoms with Crippen LogP contribution in [0.1, 0.15) is 35.9 Å². The number of piperidine rings is 1. The van der Waals surface area contributed by atoms with Crippen molar-refractivity contribution >= 4 is 27.5 Å². The first-order valence-corrected chi connectivity index (χ1v) is 11.2. The van der Waals surface area contributed by atoms with E-state index in [1.54, 1.807) is 43.3 Å². The number of carbonyl (C=O) groups excluding carboxylic acids is 2. The summed E-state index contributed by atoms with van der Waals surface area (Å²) in [5.41, 5.74) is 0.728. The Morgan fingerprint density at radius 2 is 2.00 bits per heavy atom. The predicted molar refractivity (Wildman–Crippen MR) is 109 cm³/mol. The third-order valence-electron chi connectivity index (χ3n) is 4.95. The lowest BCUT2D eigenvalue weighted by Gasteiger charge is -2.31. The number of rotatable bonds is 7. The number of anilines is 1. The quantitative estimate of drug-likeness (QED) is 0.715. The normalized spacial score (nSPS) is 17.6. The highest BCUT2D eigenvalue weighted by molar-refractivity contribution is 7.89. The standard InChI is InChI=1S/C20H25N3O5S/c1-2-29(26,27)23-11-5-7-15(14-23)19(24)22-18-10-4-3-9-17(18)20(25)21-13-16-8-6-12-28-16/h3-4,6,8-10,12,15H,2,5,7,11,13-14H2,1H3,(H,21,25)(H,22,24). The van der Waals surface area contributed by atoms with Crippen LogP contribution in [-0.4, -0.2) is 43.4 Å². The van der Waals surface area contributed by atoms with Crippen LogP contribution < -0.4 is 10.6 Å². The van der Waals surface area contributed by atoms with Gasteiger partial charge in [0, 0.05) is 13.1 Å². The summed E-state index contributed by atoms with van der Waals surface area (Å²) < 4.78 is 30.8. The molecule has 1 aliphatic rings. The Labute approximate surface area is 170 Å². The van der Waals surface area contributed by atoms with Crippen LogP contribution in [0.25, 0.3) is 0 Å². The van der Waals surface area contributed by atoms with Crippen molar-refractivity contribution in [3.63, 3.8) is 0 Å². The van der Waals surface area contributed by atoms with Crippen LogP contribution in [0, 0.1) is 5.92 Å². The van der Waals surface area contributed by atoms with Gasteiger partial charge in [-0.05, 0) is 44.0 Å². The molecular weight excluding hydrogens is 394 g/mol. The zero-order chi connectivity index (χ0) is 20.9. The number of benzene rings is 1. The van der Waals surface area contributed by atoms with Crippen LogP contribution in [-0.2, 0) is 21.4 Å². The fourth-order valence-corrected chi connectivity index (χ4v) is 4.47. The van der Waals surface area contributed by atoms with E-state index in [4.69, 9.17) is 4.42 Å². The molecule has 1 fully saturated rings. The van der Waals surface area contributed by atoms with E-state index in [0.29, 0.717) is 36.4 Å². The smallest absolute Gasteiger partial charge is 0.253 e. The summed E-state index contributed by atoms with van der Waals surface area (Å²) >= 11 is 0. The molecule has 0 bridgehead atoms. The van der Waals surface area contributed by atoms with Gasteiger partial charge >= 0.3 is 0 Å². The van der Waals surface area contributed by atoms with Gasteiger partial charge in [0.2, 0.25) is 15.9 Å². The molecule has 0 radical (unpaired) electrons. The molecule has 1 saturated heterocycles. The highest BCUT2D eigenvalue weighted by Crippen LogP contribution is 2.23. The van der Waals surface area contributed by atoms with Crippen molar-refractivity contribution in [2.75, 3.05) is 24.2 Å². The number of hydrogen-bond acceptors (Lipinski definition) is 5. The highest BCUT2D eigenvalue weighted by Gasteiger charge is 2.31. The second kappa shape index (κ2) is 9.23. The number of nitrogens with zero attached hydrogens (tertiary/aromatic N) is 1. The van der Waals surface area contributed by atoms with E-state index in [0.717, 1.165) is 0 Å². The van der Waals surface area contributed by atoms with Crippen molar-refractivity contribution in [3.05, 3.63) is 54.0 Å². The maximum Gasteiger partial charge on any atom is 0.253 e. The lowest BCUT2D eigenvalue weighted by atomic mass is 9.98. The zero-order valence-corrected chi connectivity index (χ0v) is 17.1. The minimum atomic E-state index is -3.33. The largest absolute Gasteiger partial charge is 0.467 e. The van der Waals surface area contributed by atoms with Gasteiger partial charge < -0.3 is 15.1 Å². The lowest BCUT2D eigenvalue weighted by Crippen LogP contribution is -2.44.